The van der Waals surface area contributed by atoms with Crippen LogP contribution in [0.25, 0.3) is 11.1 Å². The van der Waals surface area contributed by atoms with E-state index in [9.17, 15) is 9.18 Å². The molecule has 0 saturated carbocycles. The zero-order valence-corrected chi connectivity index (χ0v) is 8.20. The van der Waals surface area contributed by atoms with E-state index in [0.717, 1.165) is 0 Å². The first-order valence-electron chi connectivity index (χ1n) is 4.59. The fraction of sp³-hybridized carbons (Fsp3) is 0. The predicted molar refractivity (Wildman–Crippen MR) is 56.5 cm³/mol. The Kier molecular flexibility index (Phi) is 2.57. The highest BCUT2D eigenvalue weighted by atomic mass is 19.1. The normalized spacial score (nSPS) is 9.56. The van der Waals surface area contributed by atoms with E-state index < -0.39 is 11.8 Å². The molecule has 2 aromatic rings. The van der Waals surface area contributed by atoms with Crippen molar-refractivity contribution in [3.05, 3.63) is 59.9 Å². The zero-order chi connectivity index (χ0) is 11.5. The summed E-state index contributed by atoms with van der Waals surface area (Å²) in [4.78, 5) is 10.6. The molecule has 0 aliphatic carbocycles. The molecule has 16 heavy (non-hydrogen) atoms. The van der Waals surface area contributed by atoms with Crippen molar-refractivity contribution in [2.75, 3.05) is 0 Å². The fourth-order valence-corrected chi connectivity index (χ4v) is 1.38. The van der Waals surface area contributed by atoms with Crippen molar-refractivity contribution in [1.29, 1.82) is 0 Å². The number of carboxylic acid groups (broad SMARTS) is 1. The van der Waals surface area contributed by atoms with E-state index in [1.807, 2.05) is 0 Å². The molecule has 78 valence electrons. The van der Waals surface area contributed by atoms with Gasteiger partial charge in [-0.25, -0.2) is 9.18 Å². The summed E-state index contributed by atoms with van der Waals surface area (Å²) in [5, 5.41) is 8.72. The van der Waals surface area contributed by atoms with Gasteiger partial charge in [-0.1, -0.05) is 24.3 Å². The molecular weight excluding hydrogens is 207 g/mol. The molecule has 0 unspecified atom stereocenters. The van der Waals surface area contributed by atoms with Crippen LogP contribution in [0.2, 0.25) is 0 Å². The van der Waals surface area contributed by atoms with Crippen molar-refractivity contribution < 1.29 is 14.3 Å². The van der Waals surface area contributed by atoms with Crippen LogP contribution in [0.1, 0.15) is 10.4 Å². The third kappa shape index (κ3) is 1.86. The minimum Gasteiger partial charge on any atom is -0.478 e. The molecule has 0 heterocycles. The van der Waals surface area contributed by atoms with E-state index in [0.29, 0.717) is 11.1 Å². The molecule has 0 spiro atoms. The maximum atomic E-state index is 13.4. The molecule has 0 amide bonds. The van der Waals surface area contributed by atoms with Gasteiger partial charge < -0.3 is 5.11 Å². The summed E-state index contributed by atoms with van der Waals surface area (Å²) in [5.41, 5.74) is 1.18. The molecule has 0 fully saturated rings. The Bertz CT molecular complexity index is 518. The molecule has 2 rings (SSSR count). The molecule has 0 saturated heterocycles. The molecule has 1 N–H and O–H groups in total. The number of benzene rings is 1. The van der Waals surface area contributed by atoms with Crippen molar-refractivity contribution in [3.8, 4) is 11.1 Å². The van der Waals surface area contributed by atoms with E-state index in [-0.39, 0.29) is 5.56 Å². The molecule has 0 aliphatic rings. The Morgan fingerprint density at radius 1 is 1.12 bits per heavy atom. The maximum absolute atomic E-state index is 13.4. The minimum absolute atomic E-state index is 0.177. The second-order valence-corrected chi connectivity index (χ2v) is 3.22. The zero-order valence-electron chi connectivity index (χ0n) is 8.20. The van der Waals surface area contributed by atoms with Gasteiger partial charge in [0, 0.05) is 11.6 Å². The van der Waals surface area contributed by atoms with Crippen molar-refractivity contribution in [1.82, 2.24) is 0 Å². The van der Waals surface area contributed by atoms with Gasteiger partial charge in [-0.3, -0.25) is 0 Å². The van der Waals surface area contributed by atoms with Gasteiger partial charge in [-0.2, -0.15) is 0 Å². The molecule has 0 aliphatic heterocycles. The summed E-state index contributed by atoms with van der Waals surface area (Å²) < 4.78 is 13.4. The van der Waals surface area contributed by atoms with Crippen LogP contribution in [0.3, 0.4) is 0 Å². The van der Waals surface area contributed by atoms with Gasteiger partial charge in [0.2, 0.25) is 0 Å². The van der Waals surface area contributed by atoms with Crippen molar-refractivity contribution in [2.45, 2.75) is 0 Å². The SMILES string of the molecule is O=C(O)c1ccc(-c2cc#ccc2F)cc1. The van der Waals surface area contributed by atoms with Crippen molar-refractivity contribution >= 4 is 5.97 Å². The first-order valence-corrected chi connectivity index (χ1v) is 4.59. The average molecular weight is 214 g/mol. The molecule has 0 bridgehead atoms. The molecular formula is C13H7FO2. The Balaban J connectivity index is 2.43. The fourth-order valence-electron chi connectivity index (χ4n) is 1.38. The molecule has 0 atom stereocenters. The highest BCUT2D eigenvalue weighted by Crippen LogP contribution is 2.21. The monoisotopic (exact) mass is 214 g/mol. The lowest BCUT2D eigenvalue weighted by Crippen LogP contribution is -1.95. The number of carboxylic acids is 1. The quantitative estimate of drug-likeness (QED) is 0.834. The lowest BCUT2D eigenvalue weighted by atomic mass is 10.0. The number of halogens is 1. The summed E-state index contributed by atoms with van der Waals surface area (Å²) in [6.45, 7) is 0. The van der Waals surface area contributed by atoms with E-state index in [2.05, 4.69) is 12.1 Å². The van der Waals surface area contributed by atoms with Crippen LogP contribution in [0.5, 0.6) is 0 Å². The van der Waals surface area contributed by atoms with E-state index in [4.69, 9.17) is 5.11 Å². The lowest BCUT2D eigenvalue weighted by molar-refractivity contribution is 0.0697. The second kappa shape index (κ2) is 4.03. The lowest BCUT2D eigenvalue weighted by Gasteiger charge is -2.01. The Morgan fingerprint density at radius 2 is 1.75 bits per heavy atom. The Hall–Kier alpha value is -2.34. The van der Waals surface area contributed by atoms with E-state index in [1.165, 1.54) is 24.3 Å². The van der Waals surface area contributed by atoms with Crippen LogP contribution < -0.4 is 0 Å². The molecule has 0 aromatic heterocycles. The van der Waals surface area contributed by atoms with E-state index in [1.54, 1.807) is 12.1 Å². The Labute approximate surface area is 92.0 Å². The second-order valence-electron chi connectivity index (χ2n) is 3.22. The standard InChI is InChI=1S/C13H7FO2/c14-12-4-2-1-3-11(12)9-5-7-10(8-6-9)13(15)16/h3-8H,(H,15,16). The van der Waals surface area contributed by atoms with E-state index >= 15 is 0 Å². The first kappa shape index (κ1) is 10.2. The Morgan fingerprint density at radius 3 is 2.31 bits per heavy atom. The number of rotatable bonds is 2. The predicted octanol–water partition coefficient (Wildman–Crippen LogP) is 2.79. The van der Waals surface area contributed by atoms with Gasteiger partial charge in [-0.15, -0.1) is 0 Å². The summed E-state index contributed by atoms with van der Waals surface area (Å²) in [6, 6.07) is 13.8. The highest BCUT2D eigenvalue weighted by Gasteiger charge is 2.05. The average Bonchev–Trinajstić information content (AvgIpc) is 2.30. The third-order valence-corrected chi connectivity index (χ3v) is 2.20. The van der Waals surface area contributed by atoms with Gasteiger partial charge in [0.05, 0.1) is 5.56 Å². The maximum Gasteiger partial charge on any atom is 0.335 e. The van der Waals surface area contributed by atoms with Gasteiger partial charge in [0.1, 0.15) is 5.82 Å². The molecule has 3 heteroatoms. The van der Waals surface area contributed by atoms with Crippen LogP contribution in [0, 0.1) is 17.9 Å². The molecule has 0 radical (unpaired) electrons. The summed E-state index contributed by atoms with van der Waals surface area (Å²) in [7, 11) is 0. The van der Waals surface area contributed by atoms with Crippen molar-refractivity contribution in [3.63, 3.8) is 0 Å². The van der Waals surface area contributed by atoms with Crippen molar-refractivity contribution in [2.24, 2.45) is 0 Å². The third-order valence-electron chi connectivity index (χ3n) is 2.20. The number of hydrogen-bond acceptors (Lipinski definition) is 1. The van der Waals surface area contributed by atoms with Gasteiger partial charge >= 0.3 is 5.97 Å². The van der Waals surface area contributed by atoms with Crippen LogP contribution in [-0.2, 0) is 0 Å². The van der Waals surface area contributed by atoms with Crippen LogP contribution in [0.4, 0.5) is 4.39 Å². The number of hydrogen-bond donors (Lipinski definition) is 1. The van der Waals surface area contributed by atoms with Gasteiger partial charge in [-0.05, 0) is 23.8 Å². The van der Waals surface area contributed by atoms with Crippen LogP contribution in [-0.4, -0.2) is 11.1 Å². The highest BCUT2D eigenvalue weighted by molar-refractivity contribution is 5.88. The summed E-state index contributed by atoms with van der Waals surface area (Å²) in [5.74, 6) is -1.40. The summed E-state index contributed by atoms with van der Waals surface area (Å²) >= 11 is 0. The van der Waals surface area contributed by atoms with Gasteiger partial charge in [0.15, 0.2) is 0 Å². The largest absolute Gasteiger partial charge is 0.478 e. The smallest absolute Gasteiger partial charge is 0.335 e. The topological polar surface area (TPSA) is 37.3 Å². The summed E-state index contributed by atoms with van der Waals surface area (Å²) in [6.07, 6.45) is 0. The van der Waals surface area contributed by atoms with Crippen LogP contribution >= 0.6 is 0 Å². The number of carbonyl (C=O) groups is 1. The minimum atomic E-state index is -1.00. The molecule has 2 nitrogen and oxygen atoms in total. The number of aromatic carboxylic acids is 1. The first-order chi connectivity index (χ1) is 7.68. The van der Waals surface area contributed by atoms with Crippen LogP contribution in [0.15, 0.2) is 36.4 Å². The van der Waals surface area contributed by atoms with Gasteiger partial charge in [0.25, 0.3) is 0 Å². The molecule has 2 aromatic carbocycles.